The Hall–Kier alpha value is -4.00. The van der Waals surface area contributed by atoms with Gasteiger partial charge in [-0.3, -0.25) is 9.59 Å². The first-order valence-electron chi connectivity index (χ1n) is 17.6. The number of ketones is 2. The van der Waals surface area contributed by atoms with E-state index < -0.39 is 0 Å². The van der Waals surface area contributed by atoms with Crippen LogP contribution in [0, 0.1) is 35.5 Å². The van der Waals surface area contributed by atoms with Gasteiger partial charge in [0.2, 0.25) is 0 Å². The van der Waals surface area contributed by atoms with Gasteiger partial charge < -0.3 is 0 Å². The van der Waals surface area contributed by atoms with E-state index in [1.165, 1.54) is 0 Å². The molecule has 2 aromatic carbocycles. The molecule has 4 rings (SSSR count). The fourth-order valence-electron chi connectivity index (χ4n) is 5.97. The van der Waals surface area contributed by atoms with E-state index >= 15 is 0 Å². The average Bonchev–Trinajstić information content (AvgIpc) is 2.99. The quantitative estimate of drug-likeness (QED) is 0.286. The topological polar surface area (TPSA) is 83.6 Å². The molecule has 6 nitrogen and oxygen atoms in total. The van der Waals surface area contributed by atoms with Crippen molar-refractivity contribution in [2.45, 2.75) is 96.9 Å². The van der Waals surface area contributed by atoms with Gasteiger partial charge >= 0.3 is 0 Å². The number of nitrogens with zero attached hydrogens (tertiary/aromatic N) is 4. The van der Waals surface area contributed by atoms with Crippen LogP contribution in [-0.4, -0.2) is 11.6 Å². The van der Waals surface area contributed by atoms with E-state index in [1.54, 1.807) is 24.5 Å². The maximum Gasteiger partial charge on any atom is 0.186 e. The molecule has 0 atom stereocenters. The zero-order valence-corrected chi connectivity index (χ0v) is 34.6. The van der Waals surface area contributed by atoms with E-state index in [4.69, 9.17) is 23.2 Å². The van der Waals surface area contributed by atoms with Crippen LogP contribution in [0.1, 0.15) is 94.2 Å². The third-order valence-corrected chi connectivity index (χ3v) is 9.69. The zero-order valence-electron chi connectivity index (χ0n) is 33.1. The molecule has 0 heterocycles. The number of carbonyl (C=O) groups excluding carboxylic acids is 2. The van der Waals surface area contributed by atoms with Crippen molar-refractivity contribution in [1.82, 2.24) is 0 Å². The Kier molecular flexibility index (Phi) is 11.6. The fourth-order valence-corrected chi connectivity index (χ4v) is 6.49. The molecule has 0 spiro atoms. The average molecular weight is 740 g/mol. The van der Waals surface area contributed by atoms with Crippen molar-refractivity contribution in [3.63, 3.8) is 0 Å². The SMILES string of the molecule is Cc1cc(-c2cc(C)c(N=NC=C3C=C(C(C)(C)C)C(=O)C(C(C)(C)C)=C3)cc2Cl)c(Cl)cc1N=NC=C1C=C(C(C)(C)C)C(=O)C(C(C)(C)C)=C1. The highest BCUT2D eigenvalue weighted by molar-refractivity contribution is 6.37. The first-order chi connectivity index (χ1) is 23.8. The minimum atomic E-state index is -0.310. The van der Waals surface area contributed by atoms with Crippen LogP contribution < -0.4 is 0 Å². The summed E-state index contributed by atoms with van der Waals surface area (Å²) in [6.45, 7) is 28.4. The van der Waals surface area contributed by atoms with Gasteiger partial charge in [-0.1, -0.05) is 106 Å². The zero-order chi connectivity index (χ0) is 39.1. The third-order valence-electron chi connectivity index (χ3n) is 9.06. The lowest BCUT2D eigenvalue weighted by Gasteiger charge is -2.31. The van der Waals surface area contributed by atoms with Crippen molar-refractivity contribution in [2.75, 3.05) is 0 Å². The number of aryl methyl sites for hydroxylation is 2. The van der Waals surface area contributed by atoms with Crippen LogP contribution in [-0.2, 0) is 9.59 Å². The number of halogens is 2. The van der Waals surface area contributed by atoms with E-state index in [0.29, 0.717) is 21.4 Å². The second-order valence-electron chi connectivity index (χ2n) is 17.8. The number of carbonyl (C=O) groups is 2. The Balaban J connectivity index is 1.63. The third kappa shape index (κ3) is 9.31. The second kappa shape index (κ2) is 14.8. The minimum absolute atomic E-state index is 0.0760. The number of benzene rings is 2. The monoisotopic (exact) mass is 738 g/mol. The van der Waals surface area contributed by atoms with Crippen LogP contribution in [0.25, 0.3) is 11.1 Å². The highest BCUT2D eigenvalue weighted by atomic mass is 35.5. The standard InChI is InChI=1S/C44H52Cl2N4O2/c1-25-15-29(35(45)21-37(25)49-47-23-27-17-31(41(3,4)5)39(51)32(18-27)42(6,7)8)30-16-26(2)38(22-36(30)46)50-48-24-28-19-33(43(9,10)11)40(52)34(20-28)44(12,13)14/h15-24H,1-14H3. The number of azo groups is 2. The smallest absolute Gasteiger partial charge is 0.186 e. The van der Waals surface area contributed by atoms with Gasteiger partial charge in [0, 0.05) is 33.4 Å². The number of allylic oxidation sites excluding steroid dienone is 10. The van der Waals surface area contributed by atoms with Gasteiger partial charge in [-0.2, -0.15) is 20.5 Å². The summed E-state index contributed by atoms with van der Waals surface area (Å²) in [5.74, 6) is 0.152. The highest BCUT2D eigenvalue weighted by Gasteiger charge is 2.35. The van der Waals surface area contributed by atoms with E-state index in [0.717, 1.165) is 55.7 Å². The molecule has 0 amide bonds. The molecule has 0 fully saturated rings. The molecule has 0 unspecified atom stereocenters. The summed E-state index contributed by atoms with van der Waals surface area (Å²) >= 11 is 13.7. The van der Waals surface area contributed by atoms with Crippen molar-refractivity contribution in [3.05, 3.63) is 116 Å². The molecule has 2 aliphatic carbocycles. The first kappa shape index (κ1) is 40.8. The van der Waals surface area contributed by atoms with Gasteiger partial charge in [0.05, 0.1) is 33.8 Å². The van der Waals surface area contributed by atoms with Crippen LogP contribution in [0.3, 0.4) is 0 Å². The van der Waals surface area contributed by atoms with Crippen molar-refractivity contribution in [3.8, 4) is 11.1 Å². The Morgan fingerprint density at radius 1 is 0.481 bits per heavy atom. The molecule has 8 heteroatoms. The molecule has 0 bridgehead atoms. The normalized spacial score (nSPS) is 16.4. The van der Waals surface area contributed by atoms with E-state index in [2.05, 4.69) is 20.5 Å². The van der Waals surface area contributed by atoms with Crippen molar-refractivity contribution in [2.24, 2.45) is 42.1 Å². The molecular weight excluding hydrogens is 687 g/mol. The molecule has 0 saturated heterocycles. The van der Waals surface area contributed by atoms with Crippen LogP contribution in [0.4, 0.5) is 11.4 Å². The fraction of sp³-hybridized carbons (Fsp3) is 0.409. The first-order valence-corrected chi connectivity index (χ1v) is 18.4. The lowest BCUT2D eigenvalue weighted by molar-refractivity contribution is -0.114. The lowest BCUT2D eigenvalue weighted by atomic mass is 9.72. The largest absolute Gasteiger partial charge is 0.289 e. The highest BCUT2D eigenvalue weighted by Crippen LogP contribution is 2.42. The number of hydrogen-bond acceptors (Lipinski definition) is 6. The van der Waals surface area contributed by atoms with Gasteiger partial charge in [-0.15, -0.1) is 0 Å². The summed E-state index contributed by atoms with van der Waals surface area (Å²) in [4.78, 5) is 26.6. The van der Waals surface area contributed by atoms with Gasteiger partial charge in [0.1, 0.15) is 0 Å². The number of hydrogen-bond donors (Lipinski definition) is 0. The molecule has 52 heavy (non-hydrogen) atoms. The predicted octanol–water partition coefficient (Wildman–Crippen LogP) is 14.3. The number of rotatable bonds is 5. The molecular formula is C44H52Cl2N4O2. The Bertz CT molecular complexity index is 1850. The van der Waals surface area contributed by atoms with Gasteiger partial charge in [-0.05, 0) is 106 Å². The van der Waals surface area contributed by atoms with Gasteiger partial charge in [0.15, 0.2) is 11.6 Å². The van der Waals surface area contributed by atoms with Crippen LogP contribution >= 0.6 is 23.2 Å². The van der Waals surface area contributed by atoms with Crippen molar-refractivity contribution < 1.29 is 9.59 Å². The summed E-state index contributed by atoms with van der Waals surface area (Å²) in [7, 11) is 0. The number of Topliss-reactive ketones (excluding diaryl/α,β-unsaturated/α-hetero) is 2. The maximum atomic E-state index is 13.3. The molecule has 0 aromatic heterocycles. The van der Waals surface area contributed by atoms with Gasteiger partial charge in [0.25, 0.3) is 0 Å². The van der Waals surface area contributed by atoms with Crippen LogP contribution in [0.2, 0.25) is 10.0 Å². The predicted molar refractivity (Wildman–Crippen MR) is 217 cm³/mol. The van der Waals surface area contributed by atoms with E-state index in [-0.39, 0.29) is 33.2 Å². The molecule has 0 aliphatic heterocycles. The summed E-state index contributed by atoms with van der Waals surface area (Å²) in [5.41, 5.74) is 7.94. The Morgan fingerprint density at radius 2 is 0.750 bits per heavy atom. The summed E-state index contributed by atoms with van der Waals surface area (Å²) in [6, 6.07) is 7.47. The Morgan fingerprint density at radius 3 is 1.00 bits per heavy atom. The summed E-state index contributed by atoms with van der Waals surface area (Å²) in [5, 5.41) is 18.7. The van der Waals surface area contributed by atoms with Crippen LogP contribution in [0.5, 0.6) is 0 Å². The molecule has 0 radical (unpaired) electrons. The van der Waals surface area contributed by atoms with Crippen LogP contribution in [0.15, 0.2) is 115 Å². The molecule has 2 aromatic rings. The molecule has 0 N–H and O–H groups in total. The van der Waals surface area contributed by atoms with Gasteiger partial charge in [-0.25, -0.2) is 0 Å². The summed E-state index contributed by atoms with van der Waals surface area (Å²) in [6.07, 6.45) is 11.0. The van der Waals surface area contributed by atoms with Crippen molar-refractivity contribution >= 4 is 46.1 Å². The maximum absolute atomic E-state index is 13.3. The summed E-state index contributed by atoms with van der Waals surface area (Å²) < 4.78 is 0. The molecule has 2 aliphatic rings. The van der Waals surface area contributed by atoms with Crippen molar-refractivity contribution in [1.29, 1.82) is 0 Å². The molecule has 0 saturated carbocycles. The molecule has 274 valence electrons. The van der Waals surface area contributed by atoms with E-state index in [1.807, 2.05) is 133 Å². The van der Waals surface area contributed by atoms with E-state index in [9.17, 15) is 9.59 Å². The minimum Gasteiger partial charge on any atom is -0.289 e. The Labute approximate surface area is 320 Å². The second-order valence-corrected chi connectivity index (χ2v) is 18.6. The lowest BCUT2D eigenvalue weighted by Crippen LogP contribution is -2.27.